The van der Waals surface area contributed by atoms with E-state index < -0.39 is 29.2 Å². The number of H-pyrrole nitrogens is 1. The first kappa shape index (κ1) is 22.1. The van der Waals surface area contributed by atoms with Gasteiger partial charge >= 0.3 is 6.18 Å². The van der Waals surface area contributed by atoms with Crippen LogP contribution in [0, 0.1) is 5.82 Å². The third-order valence-corrected chi connectivity index (χ3v) is 6.06. The summed E-state index contributed by atoms with van der Waals surface area (Å²) in [4.78, 5) is 26.4. The molecule has 2 aliphatic heterocycles. The van der Waals surface area contributed by atoms with Crippen LogP contribution >= 0.6 is 0 Å². The molecule has 1 fully saturated rings. The average molecular weight is 454 g/mol. The molecule has 1 aromatic heterocycles. The number of aromatic nitrogens is 2. The Labute approximate surface area is 181 Å². The maximum atomic E-state index is 14.7. The molecular formula is C21H22F4N4O3. The number of amides is 1. The van der Waals surface area contributed by atoms with Crippen LogP contribution in [-0.4, -0.2) is 40.2 Å². The first-order valence-electron chi connectivity index (χ1n) is 10.2. The monoisotopic (exact) mass is 454 g/mol. The first-order valence-corrected chi connectivity index (χ1v) is 10.2. The number of benzene rings is 1. The lowest BCUT2D eigenvalue weighted by atomic mass is 10.0. The number of halogens is 4. The zero-order chi connectivity index (χ0) is 23.2. The lowest BCUT2D eigenvalue weighted by Crippen LogP contribution is -2.40. The summed E-state index contributed by atoms with van der Waals surface area (Å²) in [6.45, 7) is 4.22. The van der Waals surface area contributed by atoms with Crippen molar-refractivity contribution >= 4 is 11.6 Å². The molecule has 2 aliphatic rings. The molecule has 0 bridgehead atoms. The number of nitrogens with zero attached hydrogens (tertiary/aromatic N) is 3. The third-order valence-electron chi connectivity index (χ3n) is 6.06. The lowest BCUT2D eigenvalue weighted by Gasteiger charge is -2.31. The number of aromatic amines is 1. The molecule has 1 saturated heterocycles. The number of ether oxygens (including phenoxy) is 1. The van der Waals surface area contributed by atoms with E-state index in [1.165, 1.54) is 24.0 Å². The van der Waals surface area contributed by atoms with Gasteiger partial charge in [0.15, 0.2) is 11.6 Å². The van der Waals surface area contributed by atoms with Crippen LogP contribution in [0.4, 0.5) is 23.2 Å². The molecule has 2 aromatic rings. The molecule has 0 spiro atoms. The van der Waals surface area contributed by atoms with E-state index in [0.29, 0.717) is 37.1 Å². The number of carbonyl (C=O) groups is 1. The molecule has 1 amide bonds. The van der Waals surface area contributed by atoms with E-state index in [1.54, 1.807) is 11.8 Å². The molecule has 1 N–H and O–H groups in total. The van der Waals surface area contributed by atoms with Gasteiger partial charge in [0.25, 0.3) is 5.56 Å². The Bertz CT molecular complexity index is 1090. The minimum atomic E-state index is -4.87. The van der Waals surface area contributed by atoms with Gasteiger partial charge in [0.1, 0.15) is 11.7 Å². The summed E-state index contributed by atoms with van der Waals surface area (Å²) in [6, 6.07) is 2.22. The van der Waals surface area contributed by atoms with E-state index in [4.69, 9.17) is 4.74 Å². The molecular weight excluding hydrogens is 432 g/mol. The Balaban J connectivity index is 1.59. The fraction of sp³-hybridized carbons (Fsp3) is 0.476. The number of nitrogens with one attached hydrogen (secondary N) is 1. The van der Waals surface area contributed by atoms with E-state index in [-0.39, 0.29) is 30.0 Å². The second-order valence-electron chi connectivity index (χ2n) is 8.07. The Hall–Kier alpha value is -3.11. The van der Waals surface area contributed by atoms with Gasteiger partial charge in [0.2, 0.25) is 5.91 Å². The number of piperidine rings is 1. The Morgan fingerprint density at radius 3 is 2.56 bits per heavy atom. The molecule has 172 valence electrons. The van der Waals surface area contributed by atoms with E-state index in [9.17, 15) is 27.2 Å². The molecule has 0 aliphatic carbocycles. The number of hydrogen-bond donors (Lipinski definition) is 1. The Kier molecular flexibility index (Phi) is 5.59. The van der Waals surface area contributed by atoms with Crippen LogP contribution in [-0.2, 0) is 17.5 Å². The van der Waals surface area contributed by atoms with Crippen molar-refractivity contribution < 1.29 is 27.1 Å². The third kappa shape index (κ3) is 4.03. The van der Waals surface area contributed by atoms with Crippen molar-refractivity contribution in [3.8, 4) is 5.75 Å². The number of hydrogen-bond acceptors (Lipinski definition) is 5. The summed E-state index contributed by atoms with van der Waals surface area (Å²) >= 11 is 0. The second kappa shape index (κ2) is 8.10. The molecule has 32 heavy (non-hydrogen) atoms. The van der Waals surface area contributed by atoms with Gasteiger partial charge in [-0.05, 0) is 30.2 Å². The van der Waals surface area contributed by atoms with Gasteiger partial charge in [-0.3, -0.25) is 9.59 Å². The van der Waals surface area contributed by atoms with Crippen molar-refractivity contribution in [1.29, 1.82) is 0 Å². The maximum Gasteiger partial charge on any atom is 0.423 e. The zero-order valence-electron chi connectivity index (χ0n) is 17.5. The normalized spacial score (nSPS) is 19.2. The predicted molar refractivity (Wildman–Crippen MR) is 107 cm³/mol. The van der Waals surface area contributed by atoms with Gasteiger partial charge in [-0.1, -0.05) is 0 Å². The van der Waals surface area contributed by atoms with Crippen molar-refractivity contribution in [2.24, 2.45) is 0 Å². The maximum absolute atomic E-state index is 14.7. The number of likely N-dealkylation sites (tertiary alicyclic amines) is 1. The van der Waals surface area contributed by atoms with E-state index in [2.05, 4.69) is 5.10 Å². The number of anilines is 1. The van der Waals surface area contributed by atoms with E-state index in [1.807, 2.05) is 5.10 Å². The fourth-order valence-corrected chi connectivity index (χ4v) is 4.36. The molecule has 1 aromatic carbocycles. The predicted octanol–water partition coefficient (Wildman–Crippen LogP) is 3.40. The van der Waals surface area contributed by atoms with E-state index in [0.717, 1.165) is 6.20 Å². The van der Waals surface area contributed by atoms with Gasteiger partial charge in [0.05, 0.1) is 17.9 Å². The minimum absolute atomic E-state index is 0.00108. The highest BCUT2D eigenvalue weighted by molar-refractivity contribution is 5.73. The summed E-state index contributed by atoms with van der Waals surface area (Å²) < 4.78 is 61.1. The van der Waals surface area contributed by atoms with Gasteiger partial charge in [-0.2, -0.15) is 18.3 Å². The van der Waals surface area contributed by atoms with Crippen LogP contribution in [0.3, 0.4) is 0 Å². The largest absolute Gasteiger partial charge is 0.487 e. The smallest absolute Gasteiger partial charge is 0.423 e. The summed E-state index contributed by atoms with van der Waals surface area (Å²) in [5.41, 5.74) is -1.88. The molecule has 1 atom stereocenters. The molecule has 0 saturated carbocycles. The van der Waals surface area contributed by atoms with Gasteiger partial charge in [-0.25, -0.2) is 9.49 Å². The van der Waals surface area contributed by atoms with Crippen LogP contribution in [0.2, 0.25) is 0 Å². The summed E-state index contributed by atoms with van der Waals surface area (Å²) in [6.07, 6.45) is -3.05. The minimum Gasteiger partial charge on any atom is -0.487 e. The van der Waals surface area contributed by atoms with Crippen LogP contribution in [0.5, 0.6) is 5.75 Å². The lowest BCUT2D eigenvalue weighted by molar-refractivity contribution is -0.138. The van der Waals surface area contributed by atoms with Crippen molar-refractivity contribution in [3.63, 3.8) is 0 Å². The van der Waals surface area contributed by atoms with Crippen LogP contribution in [0.1, 0.15) is 49.4 Å². The average Bonchev–Trinajstić information content (AvgIpc) is 3.03. The standard InChI is InChI=1S/C21H22F4N4O3/c1-11-15-8-18(32-14-3-5-28(6-4-14)12(2)30)16(22)7-13(15)10-29(11)17-9-26-27-20(31)19(17)21(23,24)25/h7-9,11,14H,3-6,10H2,1-2H3,(H,27,31). The quantitative estimate of drug-likeness (QED) is 0.720. The SMILES string of the molecule is CC(=O)N1CCC(Oc2cc3c(cc2F)CN(c2cn[nH]c(=O)c2C(F)(F)F)C3C)CC1. The zero-order valence-corrected chi connectivity index (χ0v) is 17.5. The molecule has 4 rings (SSSR count). The number of rotatable bonds is 3. The molecule has 11 heteroatoms. The number of alkyl halides is 3. The second-order valence-corrected chi connectivity index (χ2v) is 8.07. The summed E-state index contributed by atoms with van der Waals surface area (Å²) in [5, 5.41) is 5.35. The summed E-state index contributed by atoms with van der Waals surface area (Å²) in [7, 11) is 0. The number of carbonyl (C=O) groups excluding carboxylic acids is 1. The van der Waals surface area contributed by atoms with Crippen molar-refractivity contribution in [3.05, 3.63) is 51.2 Å². The van der Waals surface area contributed by atoms with Crippen LogP contribution < -0.4 is 15.2 Å². The molecule has 1 unspecified atom stereocenters. The molecule has 7 nitrogen and oxygen atoms in total. The Morgan fingerprint density at radius 1 is 1.25 bits per heavy atom. The summed E-state index contributed by atoms with van der Waals surface area (Å²) in [5.74, 6) is -0.598. The van der Waals surface area contributed by atoms with Gasteiger partial charge < -0.3 is 14.5 Å². The van der Waals surface area contributed by atoms with Crippen LogP contribution in [0.15, 0.2) is 23.1 Å². The highest BCUT2D eigenvalue weighted by Crippen LogP contribution is 2.43. The van der Waals surface area contributed by atoms with Crippen molar-refractivity contribution in [2.75, 3.05) is 18.0 Å². The van der Waals surface area contributed by atoms with Crippen molar-refractivity contribution in [2.45, 2.75) is 51.6 Å². The van der Waals surface area contributed by atoms with E-state index >= 15 is 0 Å². The Morgan fingerprint density at radius 2 is 1.94 bits per heavy atom. The van der Waals surface area contributed by atoms with Crippen molar-refractivity contribution in [1.82, 2.24) is 15.1 Å². The van der Waals surface area contributed by atoms with Gasteiger partial charge in [0, 0.05) is 39.4 Å². The number of fused-ring (bicyclic) bond motifs is 1. The fourth-order valence-electron chi connectivity index (χ4n) is 4.36. The molecule has 3 heterocycles. The first-order chi connectivity index (χ1) is 15.1. The highest BCUT2D eigenvalue weighted by atomic mass is 19.4. The van der Waals surface area contributed by atoms with Crippen LogP contribution in [0.25, 0.3) is 0 Å². The topological polar surface area (TPSA) is 78.5 Å². The molecule has 0 radical (unpaired) electrons. The highest BCUT2D eigenvalue weighted by Gasteiger charge is 2.41. The van der Waals surface area contributed by atoms with Gasteiger partial charge in [-0.15, -0.1) is 0 Å².